The quantitative estimate of drug-likeness (QED) is 0.912. The molecule has 1 saturated carbocycles. The smallest absolute Gasteiger partial charge is 0.279 e. The van der Waals surface area contributed by atoms with Crippen LogP contribution in [0.15, 0.2) is 35.1 Å². The maximum absolute atomic E-state index is 12.5. The third-order valence-corrected chi connectivity index (χ3v) is 4.53. The molecule has 0 atom stereocenters. The van der Waals surface area contributed by atoms with E-state index in [1.165, 1.54) is 23.6 Å². The lowest BCUT2D eigenvalue weighted by Crippen LogP contribution is -2.33. The highest BCUT2D eigenvalue weighted by atomic mass is 16.5. The number of methoxy groups -OCH3 is 1. The van der Waals surface area contributed by atoms with Crippen molar-refractivity contribution in [1.29, 1.82) is 0 Å². The number of primary amides is 1. The molecular formula is C18H21N3O3. The molecule has 6 nitrogen and oxygen atoms in total. The molecule has 1 aliphatic rings. The second kappa shape index (κ2) is 6.86. The molecule has 0 saturated heterocycles. The number of nitrogens with zero attached hydrogens (tertiary/aromatic N) is 2. The molecule has 6 heteroatoms. The van der Waals surface area contributed by atoms with Gasteiger partial charge in [0.25, 0.3) is 11.5 Å². The number of rotatable bonds is 5. The molecule has 126 valence electrons. The molecule has 1 aromatic carbocycles. The van der Waals surface area contributed by atoms with Gasteiger partial charge in [-0.3, -0.25) is 9.59 Å². The molecule has 0 unspecified atom stereocenters. The summed E-state index contributed by atoms with van der Waals surface area (Å²) in [7, 11) is 1.60. The topological polar surface area (TPSA) is 87.2 Å². The number of hydrogen-bond acceptors (Lipinski definition) is 4. The second-order valence-corrected chi connectivity index (χ2v) is 6.17. The first-order valence-electron chi connectivity index (χ1n) is 8.15. The van der Waals surface area contributed by atoms with Crippen molar-refractivity contribution in [3.05, 3.63) is 46.2 Å². The molecule has 0 radical (unpaired) electrons. The Kier molecular flexibility index (Phi) is 4.64. The lowest BCUT2D eigenvalue weighted by Gasteiger charge is -2.13. The highest BCUT2D eigenvalue weighted by Crippen LogP contribution is 2.26. The van der Waals surface area contributed by atoms with E-state index >= 15 is 0 Å². The predicted molar refractivity (Wildman–Crippen MR) is 91.0 cm³/mol. The summed E-state index contributed by atoms with van der Waals surface area (Å²) >= 11 is 0. The molecule has 1 aromatic heterocycles. The van der Waals surface area contributed by atoms with Crippen molar-refractivity contribution in [2.24, 2.45) is 11.7 Å². The highest BCUT2D eigenvalue weighted by Gasteiger charge is 2.20. The van der Waals surface area contributed by atoms with Gasteiger partial charge in [-0.1, -0.05) is 12.8 Å². The van der Waals surface area contributed by atoms with Crippen molar-refractivity contribution in [2.45, 2.75) is 32.2 Å². The normalized spacial score (nSPS) is 14.7. The lowest BCUT2D eigenvalue weighted by molar-refractivity contribution is 0.0997. The molecule has 0 aliphatic heterocycles. The zero-order valence-electron chi connectivity index (χ0n) is 13.7. The maximum Gasteiger partial charge on any atom is 0.279 e. The lowest BCUT2D eigenvalue weighted by atomic mass is 10.1. The van der Waals surface area contributed by atoms with E-state index in [2.05, 4.69) is 5.10 Å². The molecule has 0 bridgehead atoms. The van der Waals surface area contributed by atoms with E-state index in [0.717, 1.165) is 24.2 Å². The van der Waals surface area contributed by atoms with Crippen molar-refractivity contribution in [2.75, 3.05) is 7.11 Å². The summed E-state index contributed by atoms with van der Waals surface area (Å²) in [5.74, 6) is 0.438. The summed E-state index contributed by atoms with van der Waals surface area (Å²) in [6.07, 6.45) is 4.54. The molecule has 0 spiro atoms. The van der Waals surface area contributed by atoms with Crippen LogP contribution < -0.4 is 16.0 Å². The van der Waals surface area contributed by atoms with E-state index in [9.17, 15) is 9.59 Å². The number of ether oxygens (including phenoxy) is 1. The molecule has 1 heterocycles. The summed E-state index contributed by atoms with van der Waals surface area (Å²) in [4.78, 5) is 24.1. The first-order valence-corrected chi connectivity index (χ1v) is 8.15. The van der Waals surface area contributed by atoms with Gasteiger partial charge in [0.05, 0.1) is 12.8 Å². The summed E-state index contributed by atoms with van der Waals surface area (Å²) in [5.41, 5.74) is 6.32. The van der Waals surface area contributed by atoms with E-state index in [0.29, 0.717) is 18.2 Å². The summed E-state index contributed by atoms with van der Waals surface area (Å²) < 4.78 is 6.55. The Morgan fingerprint density at radius 3 is 2.54 bits per heavy atom. The van der Waals surface area contributed by atoms with Crippen LogP contribution in [0.4, 0.5) is 0 Å². The van der Waals surface area contributed by atoms with E-state index in [4.69, 9.17) is 10.5 Å². The van der Waals surface area contributed by atoms with E-state index in [1.54, 1.807) is 7.11 Å². The Labute approximate surface area is 140 Å². The van der Waals surface area contributed by atoms with E-state index < -0.39 is 11.5 Å². The minimum atomic E-state index is -0.725. The summed E-state index contributed by atoms with van der Waals surface area (Å²) in [5, 5.41) is 4.46. The Bertz CT molecular complexity index is 790. The van der Waals surface area contributed by atoms with Gasteiger partial charge in [-0.05, 0) is 49.1 Å². The Balaban J connectivity index is 2.02. The molecule has 2 N–H and O–H groups in total. The van der Waals surface area contributed by atoms with Gasteiger partial charge >= 0.3 is 0 Å². The number of nitrogens with two attached hydrogens (primary N) is 1. The van der Waals surface area contributed by atoms with Crippen molar-refractivity contribution < 1.29 is 9.53 Å². The largest absolute Gasteiger partial charge is 0.497 e. The van der Waals surface area contributed by atoms with Crippen LogP contribution >= 0.6 is 0 Å². The molecule has 24 heavy (non-hydrogen) atoms. The first-order chi connectivity index (χ1) is 11.6. The first kappa shape index (κ1) is 16.2. The van der Waals surface area contributed by atoms with Gasteiger partial charge in [-0.2, -0.15) is 5.10 Å². The van der Waals surface area contributed by atoms with Crippen LogP contribution in [0.1, 0.15) is 36.0 Å². The third kappa shape index (κ3) is 3.32. The highest BCUT2D eigenvalue weighted by molar-refractivity contribution is 5.93. The second-order valence-electron chi connectivity index (χ2n) is 6.17. The number of carbonyl (C=O) groups is 1. The fraction of sp³-hybridized carbons (Fsp3) is 0.389. The number of carbonyl (C=O) groups excluding carboxylic acids is 1. The number of benzene rings is 1. The average molecular weight is 327 g/mol. The Morgan fingerprint density at radius 2 is 1.96 bits per heavy atom. The van der Waals surface area contributed by atoms with Gasteiger partial charge in [-0.25, -0.2) is 4.68 Å². The standard InChI is InChI=1S/C18H21N3O3/c1-24-14-8-6-13(7-9-14)16-10-15(17(19)22)18(23)21(20-16)11-12-4-2-3-5-12/h6-10,12H,2-5,11H2,1H3,(H2,19,22). The van der Waals surface area contributed by atoms with Crippen molar-refractivity contribution in [1.82, 2.24) is 9.78 Å². The minimum absolute atomic E-state index is 0.0196. The van der Waals surface area contributed by atoms with Gasteiger partial charge in [0.15, 0.2) is 0 Å². The van der Waals surface area contributed by atoms with Gasteiger partial charge in [0.2, 0.25) is 0 Å². The van der Waals surface area contributed by atoms with Crippen LogP contribution in [-0.2, 0) is 6.54 Å². The SMILES string of the molecule is COc1ccc(-c2cc(C(N)=O)c(=O)n(CC3CCCC3)n2)cc1. The van der Waals surface area contributed by atoms with Crippen LogP contribution in [0, 0.1) is 5.92 Å². The predicted octanol–water partition coefficient (Wildman–Crippen LogP) is 2.21. The van der Waals surface area contributed by atoms with Crippen LogP contribution in [0.3, 0.4) is 0 Å². The molecular weight excluding hydrogens is 306 g/mol. The van der Waals surface area contributed by atoms with Gasteiger partial charge in [0.1, 0.15) is 11.3 Å². The molecule has 1 amide bonds. The van der Waals surface area contributed by atoms with Crippen LogP contribution in [0.25, 0.3) is 11.3 Å². The van der Waals surface area contributed by atoms with Crippen LogP contribution in [-0.4, -0.2) is 22.8 Å². The molecule has 3 rings (SSSR count). The van der Waals surface area contributed by atoms with Crippen molar-refractivity contribution in [3.63, 3.8) is 0 Å². The van der Waals surface area contributed by atoms with Gasteiger partial charge in [-0.15, -0.1) is 0 Å². The maximum atomic E-state index is 12.5. The van der Waals surface area contributed by atoms with Gasteiger partial charge < -0.3 is 10.5 Å². The number of aromatic nitrogens is 2. The zero-order chi connectivity index (χ0) is 17.1. The zero-order valence-corrected chi connectivity index (χ0v) is 13.7. The number of amides is 1. The fourth-order valence-electron chi connectivity index (χ4n) is 3.18. The Morgan fingerprint density at radius 1 is 1.29 bits per heavy atom. The monoisotopic (exact) mass is 327 g/mol. The fourth-order valence-corrected chi connectivity index (χ4v) is 3.18. The molecule has 1 aliphatic carbocycles. The van der Waals surface area contributed by atoms with E-state index in [-0.39, 0.29) is 5.56 Å². The van der Waals surface area contributed by atoms with Crippen molar-refractivity contribution >= 4 is 5.91 Å². The Hall–Kier alpha value is -2.63. The van der Waals surface area contributed by atoms with E-state index in [1.807, 2.05) is 24.3 Å². The molecule has 1 fully saturated rings. The summed E-state index contributed by atoms with van der Waals surface area (Å²) in [6, 6.07) is 8.78. The number of hydrogen-bond donors (Lipinski definition) is 1. The van der Waals surface area contributed by atoms with Crippen molar-refractivity contribution in [3.8, 4) is 17.0 Å². The van der Waals surface area contributed by atoms with Crippen LogP contribution in [0.5, 0.6) is 5.75 Å². The average Bonchev–Trinajstić information content (AvgIpc) is 3.09. The van der Waals surface area contributed by atoms with Crippen LogP contribution in [0.2, 0.25) is 0 Å². The third-order valence-electron chi connectivity index (χ3n) is 4.53. The molecule has 2 aromatic rings. The van der Waals surface area contributed by atoms with Gasteiger partial charge in [0, 0.05) is 12.1 Å². The summed E-state index contributed by atoms with van der Waals surface area (Å²) in [6.45, 7) is 0.531. The minimum Gasteiger partial charge on any atom is -0.497 e.